The van der Waals surface area contributed by atoms with Crippen molar-refractivity contribution < 1.29 is 4.74 Å². The predicted octanol–water partition coefficient (Wildman–Crippen LogP) is 3.05. The Bertz CT molecular complexity index is 246. The third-order valence-electron chi connectivity index (χ3n) is 4.20. The van der Waals surface area contributed by atoms with E-state index in [1.165, 1.54) is 37.7 Å². The van der Waals surface area contributed by atoms with Gasteiger partial charge in [0.15, 0.2) is 0 Å². The molecule has 1 spiro atoms. The molecule has 0 radical (unpaired) electrons. The molecule has 0 unspecified atom stereocenters. The summed E-state index contributed by atoms with van der Waals surface area (Å²) < 4.78 is 6.24. The lowest BCUT2D eigenvalue weighted by Gasteiger charge is -2.48. The summed E-state index contributed by atoms with van der Waals surface area (Å²) in [6.07, 6.45) is 9.60. The Labute approximate surface area is 80.2 Å². The first-order valence-corrected chi connectivity index (χ1v) is 5.63. The monoisotopic (exact) mass is 178 g/mol. The van der Waals surface area contributed by atoms with Crippen molar-refractivity contribution in [3.63, 3.8) is 0 Å². The lowest BCUT2D eigenvalue weighted by atomic mass is 9.74. The molecule has 0 aromatic rings. The molecule has 1 saturated carbocycles. The second kappa shape index (κ2) is 2.60. The highest BCUT2D eigenvalue weighted by Crippen LogP contribution is 2.52. The zero-order valence-corrected chi connectivity index (χ0v) is 8.22. The topological polar surface area (TPSA) is 9.23 Å². The van der Waals surface area contributed by atoms with Crippen LogP contribution in [-0.4, -0.2) is 11.7 Å². The van der Waals surface area contributed by atoms with Crippen molar-refractivity contribution in [2.45, 2.75) is 56.7 Å². The molecule has 2 bridgehead atoms. The van der Waals surface area contributed by atoms with Crippen molar-refractivity contribution in [2.24, 2.45) is 5.92 Å². The maximum absolute atomic E-state index is 6.24. The van der Waals surface area contributed by atoms with Crippen molar-refractivity contribution >= 4 is 0 Å². The van der Waals surface area contributed by atoms with Gasteiger partial charge in [-0.2, -0.15) is 0 Å². The maximum Gasteiger partial charge on any atom is 0.0751 e. The van der Waals surface area contributed by atoms with E-state index in [0.29, 0.717) is 6.10 Å². The quantitative estimate of drug-likeness (QED) is 0.518. The summed E-state index contributed by atoms with van der Waals surface area (Å²) in [5.74, 6) is 0.862. The van der Waals surface area contributed by atoms with Crippen LogP contribution in [0.25, 0.3) is 0 Å². The Morgan fingerprint density at radius 1 is 1.31 bits per heavy atom. The van der Waals surface area contributed by atoms with Gasteiger partial charge in [0.1, 0.15) is 0 Å². The fourth-order valence-corrected chi connectivity index (χ4v) is 3.69. The second-order valence-electron chi connectivity index (χ2n) is 5.10. The second-order valence-corrected chi connectivity index (χ2v) is 5.10. The maximum atomic E-state index is 6.24. The van der Waals surface area contributed by atoms with Gasteiger partial charge in [0.05, 0.1) is 11.7 Å². The van der Waals surface area contributed by atoms with E-state index in [1.807, 2.05) is 0 Å². The van der Waals surface area contributed by atoms with Gasteiger partial charge in [-0.25, -0.2) is 0 Å². The van der Waals surface area contributed by atoms with Gasteiger partial charge in [-0.15, -0.1) is 0 Å². The minimum absolute atomic E-state index is 0.262. The van der Waals surface area contributed by atoms with Crippen LogP contribution in [0.1, 0.15) is 44.9 Å². The molecule has 13 heavy (non-hydrogen) atoms. The lowest BCUT2D eigenvalue weighted by molar-refractivity contribution is -0.164. The van der Waals surface area contributed by atoms with Gasteiger partial charge in [0, 0.05) is 0 Å². The first-order chi connectivity index (χ1) is 6.28. The molecule has 1 nitrogen and oxygen atoms in total. The smallest absolute Gasteiger partial charge is 0.0751 e. The molecular weight excluding hydrogens is 160 g/mol. The molecule has 0 aromatic carbocycles. The lowest BCUT2D eigenvalue weighted by Crippen LogP contribution is -2.48. The standard InChI is InChI=1S/C12H18O/c1-9-7-11-5-4-10-3-2-6-12(10,8-9)13-11/h10-11H,1-8H2/t10-,11-,12+/m1/s1. The summed E-state index contributed by atoms with van der Waals surface area (Å²) in [5.41, 5.74) is 1.71. The van der Waals surface area contributed by atoms with Gasteiger partial charge >= 0.3 is 0 Å². The third kappa shape index (κ3) is 1.10. The van der Waals surface area contributed by atoms with E-state index >= 15 is 0 Å². The molecule has 3 atom stereocenters. The Hall–Kier alpha value is -0.300. The molecule has 0 N–H and O–H groups in total. The Morgan fingerprint density at radius 3 is 3.15 bits per heavy atom. The highest BCUT2D eigenvalue weighted by atomic mass is 16.5. The average Bonchev–Trinajstić information content (AvgIpc) is 2.44. The highest BCUT2D eigenvalue weighted by Gasteiger charge is 2.50. The molecule has 0 aromatic heterocycles. The molecule has 2 aliphatic heterocycles. The number of ether oxygens (including phenoxy) is 1. The molecule has 2 heterocycles. The van der Waals surface area contributed by atoms with Crippen molar-refractivity contribution in [2.75, 3.05) is 0 Å². The normalized spacial score (nSPS) is 49.1. The minimum atomic E-state index is 0.262. The zero-order valence-electron chi connectivity index (χ0n) is 8.22. The van der Waals surface area contributed by atoms with E-state index in [-0.39, 0.29) is 5.60 Å². The molecule has 0 amide bonds. The minimum Gasteiger partial charge on any atom is -0.371 e. The Balaban J connectivity index is 1.93. The number of hydrogen-bond donors (Lipinski definition) is 0. The van der Waals surface area contributed by atoms with Crippen LogP contribution in [0.15, 0.2) is 12.2 Å². The molecular formula is C12H18O. The van der Waals surface area contributed by atoms with Gasteiger partial charge in [-0.05, 0) is 44.4 Å². The summed E-state index contributed by atoms with van der Waals surface area (Å²) >= 11 is 0. The largest absolute Gasteiger partial charge is 0.371 e. The van der Waals surface area contributed by atoms with Crippen LogP contribution >= 0.6 is 0 Å². The zero-order chi connectivity index (χ0) is 8.89. The van der Waals surface area contributed by atoms with E-state index < -0.39 is 0 Å². The molecule has 1 aliphatic carbocycles. The van der Waals surface area contributed by atoms with E-state index in [1.54, 1.807) is 0 Å². The molecule has 2 saturated heterocycles. The number of rotatable bonds is 0. The summed E-state index contributed by atoms with van der Waals surface area (Å²) in [5, 5.41) is 0. The fraction of sp³-hybridized carbons (Fsp3) is 0.833. The molecule has 72 valence electrons. The van der Waals surface area contributed by atoms with Crippen molar-refractivity contribution in [1.29, 1.82) is 0 Å². The first-order valence-electron chi connectivity index (χ1n) is 5.63. The summed E-state index contributed by atoms with van der Waals surface area (Å²) in [6.45, 7) is 4.17. The number of hydrogen-bond acceptors (Lipinski definition) is 1. The summed E-state index contributed by atoms with van der Waals surface area (Å²) in [6, 6.07) is 0. The van der Waals surface area contributed by atoms with Crippen LogP contribution < -0.4 is 0 Å². The van der Waals surface area contributed by atoms with Gasteiger partial charge in [0.25, 0.3) is 0 Å². The van der Waals surface area contributed by atoms with Crippen molar-refractivity contribution in [3.8, 4) is 0 Å². The van der Waals surface area contributed by atoms with Gasteiger partial charge in [-0.3, -0.25) is 0 Å². The Kier molecular flexibility index (Phi) is 1.61. The van der Waals surface area contributed by atoms with Crippen molar-refractivity contribution in [3.05, 3.63) is 12.2 Å². The SMILES string of the molecule is C=C1C[C@H]2CC[C@H]3CCC[C@@]3(C1)O2. The molecule has 3 rings (SSSR count). The molecule has 3 fully saturated rings. The van der Waals surface area contributed by atoms with Crippen LogP contribution in [0.2, 0.25) is 0 Å². The third-order valence-corrected chi connectivity index (χ3v) is 4.20. The van der Waals surface area contributed by atoms with E-state index in [9.17, 15) is 0 Å². The fourth-order valence-electron chi connectivity index (χ4n) is 3.69. The van der Waals surface area contributed by atoms with Crippen LogP contribution in [0.3, 0.4) is 0 Å². The predicted molar refractivity (Wildman–Crippen MR) is 52.6 cm³/mol. The average molecular weight is 178 g/mol. The highest BCUT2D eigenvalue weighted by molar-refractivity contribution is 5.13. The van der Waals surface area contributed by atoms with Crippen LogP contribution in [0.4, 0.5) is 0 Å². The van der Waals surface area contributed by atoms with Gasteiger partial charge in [-0.1, -0.05) is 18.6 Å². The summed E-state index contributed by atoms with van der Waals surface area (Å²) in [4.78, 5) is 0. The summed E-state index contributed by atoms with van der Waals surface area (Å²) in [7, 11) is 0. The van der Waals surface area contributed by atoms with Gasteiger partial charge in [0.2, 0.25) is 0 Å². The van der Waals surface area contributed by atoms with Crippen LogP contribution in [-0.2, 0) is 4.74 Å². The van der Waals surface area contributed by atoms with Gasteiger partial charge < -0.3 is 4.74 Å². The van der Waals surface area contributed by atoms with E-state index in [2.05, 4.69) is 6.58 Å². The van der Waals surface area contributed by atoms with Crippen molar-refractivity contribution in [1.82, 2.24) is 0 Å². The van der Waals surface area contributed by atoms with Crippen LogP contribution in [0, 0.1) is 5.92 Å². The number of fused-ring (bicyclic) bond motifs is 1. The molecule has 3 aliphatic rings. The van der Waals surface area contributed by atoms with E-state index in [4.69, 9.17) is 4.74 Å². The Morgan fingerprint density at radius 2 is 2.23 bits per heavy atom. The molecule has 1 heteroatoms. The first kappa shape index (κ1) is 8.05. The van der Waals surface area contributed by atoms with Crippen LogP contribution in [0.5, 0.6) is 0 Å². The van der Waals surface area contributed by atoms with E-state index in [0.717, 1.165) is 18.8 Å².